The van der Waals surface area contributed by atoms with Crippen LogP contribution in [0.1, 0.15) is 52.6 Å². The highest BCUT2D eigenvalue weighted by Gasteiger charge is 2.27. The highest BCUT2D eigenvalue weighted by atomic mass is 19.1. The van der Waals surface area contributed by atoms with Crippen LogP contribution in [0.25, 0.3) is 0 Å². The van der Waals surface area contributed by atoms with Crippen molar-refractivity contribution in [1.82, 2.24) is 14.7 Å². The van der Waals surface area contributed by atoms with Crippen LogP contribution in [0.4, 0.5) is 9.18 Å². The van der Waals surface area contributed by atoms with Crippen molar-refractivity contribution in [3.8, 4) is 0 Å². The molecule has 2 amide bonds. The van der Waals surface area contributed by atoms with Crippen molar-refractivity contribution in [1.29, 1.82) is 0 Å². The Morgan fingerprint density at radius 2 is 1.79 bits per heavy atom. The Hall–Kier alpha value is -2.15. The Balaban J connectivity index is 1.93. The summed E-state index contributed by atoms with van der Waals surface area (Å²) in [4.78, 5) is 30.9. The number of carbonyl (C=O) groups excluding carboxylic acids is 2. The second-order valence-electron chi connectivity index (χ2n) is 8.50. The summed E-state index contributed by atoms with van der Waals surface area (Å²) < 4.78 is 18.7. The van der Waals surface area contributed by atoms with Gasteiger partial charge in [0, 0.05) is 32.7 Å². The topological polar surface area (TPSA) is 53.1 Å². The number of nitrogens with zero attached hydrogens (tertiary/aromatic N) is 3. The fraction of sp³-hybridized carbons (Fsp3) is 0.636. The van der Waals surface area contributed by atoms with Gasteiger partial charge in [-0.1, -0.05) is 12.1 Å². The van der Waals surface area contributed by atoms with Gasteiger partial charge in [0.2, 0.25) is 5.91 Å². The third-order valence-electron chi connectivity index (χ3n) is 5.08. The number of rotatable bonds is 5. The van der Waals surface area contributed by atoms with Gasteiger partial charge < -0.3 is 14.5 Å². The summed E-state index contributed by atoms with van der Waals surface area (Å²) in [5.41, 5.74) is 0.394. The van der Waals surface area contributed by atoms with Gasteiger partial charge in [-0.15, -0.1) is 0 Å². The lowest BCUT2D eigenvalue weighted by Gasteiger charge is -2.31. The molecule has 0 N–H and O–H groups in total. The van der Waals surface area contributed by atoms with E-state index in [0.717, 1.165) is 18.5 Å². The van der Waals surface area contributed by atoms with Crippen LogP contribution >= 0.6 is 0 Å². The maximum atomic E-state index is 13.2. The molecule has 1 saturated heterocycles. The van der Waals surface area contributed by atoms with Crippen molar-refractivity contribution < 1.29 is 18.7 Å². The van der Waals surface area contributed by atoms with Crippen molar-refractivity contribution in [3.63, 3.8) is 0 Å². The average molecular weight is 408 g/mol. The molecule has 0 radical (unpaired) electrons. The molecule has 1 heterocycles. The lowest BCUT2D eigenvalue weighted by atomic mass is 10.1. The van der Waals surface area contributed by atoms with Crippen molar-refractivity contribution in [2.75, 3.05) is 39.3 Å². The standard InChI is InChI=1S/C22H34FN3O3/c1-6-26(17(2)18-8-10-19(23)11-9-18)20(27)16-24-12-7-13-25(15-14-24)21(28)29-22(3,4)5/h8-11,17H,6-7,12-16H2,1-5H3. The van der Waals surface area contributed by atoms with Crippen LogP contribution in [0, 0.1) is 5.82 Å². The number of benzene rings is 1. The molecule has 0 aliphatic carbocycles. The van der Waals surface area contributed by atoms with Crippen LogP contribution in [-0.2, 0) is 9.53 Å². The number of carbonyl (C=O) groups is 2. The molecule has 0 aromatic heterocycles. The fourth-order valence-corrected chi connectivity index (χ4v) is 3.51. The molecule has 1 aliphatic rings. The third-order valence-corrected chi connectivity index (χ3v) is 5.08. The van der Waals surface area contributed by atoms with Crippen LogP contribution < -0.4 is 0 Å². The Bertz CT molecular complexity index is 688. The maximum absolute atomic E-state index is 13.2. The molecule has 1 aromatic rings. The number of hydrogen-bond acceptors (Lipinski definition) is 4. The van der Waals surface area contributed by atoms with E-state index in [1.165, 1.54) is 12.1 Å². The lowest BCUT2D eigenvalue weighted by molar-refractivity contribution is -0.134. The maximum Gasteiger partial charge on any atom is 0.410 e. The van der Waals surface area contributed by atoms with Crippen molar-refractivity contribution in [3.05, 3.63) is 35.6 Å². The van der Waals surface area contributed by atoms with Crippen LogP contribution in [0.5, 0.6) is 0 Å². The van der Waals surface area contributed by atoms with E-state index >= 15 is 0 Å². The van der Waals surface area contributed by atoms with E-state index < -0.39 is 5.60 Å². The van der Waals surface area contributed by atoms with E-state index in [0.29, 0.717) is 32.7 Å². The monoisotopic (exact) mass is 407 g/mol. The van der Waals surface area contributed by atoms with E-state index in [1.54, 1.807) is 17.0 Å². The molecule has 0 spiro atoms. The molecule has 7 heteroatoms. The summed E-state index contributed by atoms with van der Waals surface area (Å²) >= 11 is 0. The van der Waals surface area contributed by atoms with Crippen molar-refractivity contribution >= 4 is 12.0 Å². The first-order valence-corrected chi connectivity index (χ1v) is 10.4. The summed E-state index contributed by atoms with van der Waals surface area (Å²) in [5.74, 6) is -0.246. The molecule has 1 aliphatic heterocycles. The first-order chi connectivity index (χ1) is 13.6. The number of amides is 2. The molecule has 0 bridgehead atoms. The summed E-state index contributed by atoms with van der Waals surface area (Å²) in [6, 6.07) is 6.16. The Morgan fingerprint density at radius 1 is 1.14 bits per heavy atom. The second-order valence-corrected chi connectivity index (χ2v) is 8.50. The van der Waals surface area contributed by atoms with Gasteiger partial charge in [0.15, 0.2) is 0 Å². The molecule has 162 valence electrons. The Kier molecular flexibility index (Phi) is 8.02. The molecule has 1 aromatic carbocycles. The molecule has 1 fully saturated rings. The minimum Gasteiger partial charge on any atom is -0.444 e. The zero-order valence-electron chi connectivity index (χ0n) is 18.3. The zero-order chi connectivity index (χ0) is 21.6. The SMILES string of the molecule is CCN(C(=O)CN1CCCN(C(=O)OC(C)(C)C)CC1)C(C)c1ccc(F)cc1. The van der Waals surface area contributed by atoms with Gasteiger partial charge in [-0.2, -0.15) is 0 Å². The van der Waals surface area contributed by atoms with Crippen LogP contribution in [-0.4, -0.2) is 71.6 Å². The average Bonchev–Trinajstić information content (AvgIpc) is 2.87. The van der Waals surface area contributed by atoms with E-state index in [-0.39, 0.29) is 23.9 Å². The lowest BCUT2D eigenvalue weighted by Crippen LogP contribution is -2.43. The normalized spacial score (nSPS) is 16.8. The van der Waals surface area contributed by atoms with E-state index in [4.69, 9.17) is 4.74 Å². The molecular weight excluding hydrogens is 373 g/mol. The molecular formula is C22H34FN3O3. The minimum atomic E-state index is -0.517. The number of hydrogen-bond donors (Lipinski definition) is 0. The fourth-order valence-electron chi connectivity index (χ4n) is 3.51. The van der Waals surface area contributed by atoms with Crippen molar-refractivity contribution in [2.45, 2.75) is 52.7 Å². The molecule has 2 rings (SSSR count). The highest BCUT2D eigenvalue weighted by molar-refractivity contribution is 5.78. The minimum absolute atomic E-state index is 0.0371. The molecule has 0 saturated carbocycles. The third kappa shape index (κ3) is 6.99. The predicted octanol–water partition coefficient (Wildman–Crippen LogP) is 3.68. The van der Waals surface area contributed by atoms with Gasteiger partial charge in [-0.3, -0.25) is 9.69 Å². The summed E-state index contributed by atoms with van der Waals surface area (Å²) in [5, 5.41) is 0. The molecule has 29 heavy (non-hydrogen) atoms. The van der Waals surface area contributed by atoms with Gasteiger partial charge in [-0.25, -0.2) is 9.18 Å². The summed E-state index contributed by atoms with van der Waals surface area (Å²) in [6.45, 7) is 12.9. The largest absolute Gasteiger partial charge is 0.444 e. The number of likely N-dealkylation sites (N-methyl/N-ethyl adjacent to an activating group) is 1. The van der Waals surface area contributed by atoms with Crippen LogP contribution in [0.2, 0.25) is 0 Å². The first-order valence-electron chi connectivity index (χ1n) is 10.4. The second kappa shape index (κ2) is 10.1. The number of halogens is 1. The van der Waals surface area contributed by atoms with Gasteiger partial charge in [-0.05, 0) is 58.7 Å². The van der Waals surface area contributed by atoms with Gasteiger partial charge >= 0.3 is 6.09 Å². The van der Waals surface area contributed by atoms with Gasteiger partial charge in [0.25, 0.3) is 0 Å². The summed E-state index contributed by atoms with van der Waals surface area (Å²) in [6.07, 6.45) is 0.498. The van der Waals surface area contributed by atoms with Gasteiger partial charge in [0.05, 0.1) is 12.6 Å². The predicted molar refractivity (Wildman–Crippen MR) is 111 cm³/mol. The zero-order valence-corrected chi connectivity index (χ0v) is 18.3. The van der Waals surface area contributed by atoms with Crippen LogP contribution in [0.15, 0.2) is 24.3 Å². The highest BCUT2D eigenvalue weighted by Crippen LogP contribution is 2.21. The quantitative estimate of drug-likeness (QED) is 0.747. The molecule has 6 nitrogen and oxygen atoms in total. The Labute approximate surface area is 173 Å². The summed E-state index contributed by atoms with van der Waals surface area (Å²) in [7, 11) is 0. The van der Waals surface area contributed by atoms with E-state index in [9.17, 15) is 14.0 Å². The number of ether oxygens (including phenoxy) is 1. The first kappa shape index (κ1) is 23.1. The van der Waals surface area contributed by atoms with Gasteiger partial charge in [0.1, 0.15) is 11.4 Å². The van der Waals surface area contributed by atoms with Crippen LogP contribution in [0.3, 0.4) is 0 Å². The molecule has 1 atom stereocenters. The smallest absolute Gasteiger partial charge is 0.410 e. The Morgan fingerprint density at radius 3 is 2.38 bits per heavy atom. The van der Waals surface area contributed by atoms with Crippen molar-refractivity contribution in [2.24, 2.45) is 0 Å². The van der Waals surface area contributed by atoms with E-state index in [2.05, 4.69) is 4.90 Å². The van der Waals surface area contributed by atoms with E-state index in [1.807, 2.05) is 39.5 Å². The molecule has 1 unspecified atom stereocenters.